The number of likely N-dealkylation sites (tertiary alicyclic amines) is 1. The van der Waals surface area contributed by atoms with E-state index in [0.29, 0.717) is 19.0 Å². The molecule has 1 aliphatic heterocycles. The zero-order valence-corrected chi connectivity index (χ0v) is 13.8. The molecule has 122 valence electrons. The first-order valence-electron chi connectivity index (χ1n) is 8.48. The van der Waals surface area contributed by atoms with Gasteiger partial charge in [0.25, 0.3) is 0 Å². The van der Waals surface area contributed by atoms with E-state index in [0.717, 1.165) is 12.8 Å². The van der Waals surface area contributed by atoms with Gasteiger partial charge in [0.05, 0.1) is 0 Å². The Morgan fingerprint density at radius 2 is 1.52 bits per heavy atom. The molecule has 0 aromatic carbocycles. The van der Waals surface area contributed by atoms with Crippen LogP contribution in [0.15, 0.2) is 0 Å². The average molecular weight is 297 g/mol. The lowest BCUT2D eigenvalue weighted by Crippen LogP contribution is -2.42. The standard InChI is InChI=1S/C11H21NO3.C6H10/c1-11(2,3)15-10(14)12-6-4-9(8-13)5-7-12;1-2-6-4-3-5(1)6/h9,13H,4-8H2,1-3H3;5-6H,1-4H2. The van der Waals surface area contributed by atoms with Crippen molar-refractivity contribution in [2.75, 3.05) is 19.7 Å². The third kappa shape index (κ3) is 4.87. The lowest BCUT2D eigenvalue weighted by atomic mass is 9.60. The van der Waals surface area contributed by atoms with Crippen LogP contribution in [0.3, 0.4) is 0 Å². The number of rotatable bonds is 1. The summed E-state index contributed by atoms with van der Waals surface area (Å²) in [5.41, 5.74) is -0.426. The smallest absolute Gasteiger partial charge is 0.410 e. The normalized spacial score (nSPS) is 28.5. The highest BCUT2D eigenvalue weighted by atomic mass is 16.6. The maximum Gasteiger partial charge on any atom is 0.410 e. The molecule has 2 saturated carbocycles. The van der Waals surface area contributed by atoms with E-state index >= 15 is 0 Å². The SMILES string of the molecule is C1CC2CCC12.CC(C)(C)OC(=O)N1CCC(CO)CC1. The first-order chi connectivity index (χ1) is 9.89. The number of fused-ring (bicyclic) bond motifs is 1. The predicted octanol–water partition coefficient (Wildman–Crippen LogP) is 3.43. The number of carbonyl (C=O) groups excluding carboxylic acids is 1. The number of hydrogen-bond acceptors (Lipinski definition) is 3. The molecule has 0 bridgehead atoms. The molecular weight excluding hydrogens is 266 g/mol. The Labute approximate surface area is 128 Å². The molecule has 3 rings (SSSR count). The van der Waals surface area contributed by atoms with Gasteiger partial charge in [-0.05, 0) is 77.0 Å². The van der Waals surface area contributed by atoms with Crippen LogP contribution >= 0.6 is 0 Å². The third-order valence-corrected chi connectivity index (χ3v) is 5.01. The van der Waals surface area contributed by atoms with Crippen molar-refractivity contribution in [3.63, 3.8) is 0 Å². The van der Waals surface area contributed by atoms with E-state index in [9.17, 15) is 4.79 Å². The Morgan fingerprint density at radius 3 is 1.81 bits per heavy atom. The van der Waals surface area contributed by atoms with Gasteiger partial charge in [-0.2, -0.15) is 0 Å². The van der Waals surface area contributed by atoms with E-state index in [1.165, 1.54) is 11.8 Å². The van der Waals surface area contributed by atoms with Gasteiger partial charge in [0, 0.05) is 19.7 Å². The molecule has 1 saturated heterocycles. The van der Waals surface area contributed by atoms with Gasteiger partial charge in [-0.15, -0.1) is 0 Å². The molecule has 4 heteroatoms. The molecule has 0 aromatic heterocycles. The van der Waals surface area contributed by atoms with Crippen molar-refractivity contribution in [1.82, 2.24) is 4.90 Å². The highest BCUT2D eigenvalue weighted by Crippen LogP contribution is 2.49. The van der Waals surface area contributed by atoms with Crippen molar-refractivity contribution in [1.29, 1.82) is 0 Å². The summed E-state index contributed by atoms with van der Waals surface area (Å²) >= 11 is 0. The Balaban J connectivity index is 0.000000218. The molecule has 0 radical (unpaired) electrons. The van der Waals surface area contributed by atoms with Crippen LogP contribution < -0.4 is 0 Å². The fraction of sp³-hybridized carbons (Fsp3) is 0.941. The topological polar surface area (TPSA) is 49.8 Å². The number of hydrogen-bond donors (Lipinski definition) is 1. The van der Waals surface area contributed by atoms with Crippen LogP contribution in [0.25, 0.3) is 0 Å². The van der Waals surface area contributed by atoms with Crippen LogP contribution in [-0.4, -0.2) is 41.4 Å². The van der Waals surface area contributed by atoms with Crippen molar-refractivity contribution < 1.29 is 14.6 Å². The maximum atomic E-state index is 11.6. The van der Waals surface area contributed by atoms with Crippen LogP contribution in [0.2, 0.25) is 0 Å². The number of aliphatic hydroxyl groups is 1. The molecule has 0 aromatic rings. The maximum absolute atomic E-state index is 11.6. The van der Waals surface area contributed by atoms with Gasteiger partial charge in [-0.1, -0.05) is 0 Å². The summed E-state index contributed by atoms with van der Waals surface area (Å²) in [5.74, 6) is 2.78. The molecule has 0 unspecified atom stereocenters. The number of nitrogens with zero attached hydrogens (tertiary/aromatic N) is 1. The second-order valence-corrected chi connectivity index (χ2v) is 7.77. The highest BCUT2D eigenvalue weighted by molar-refractivity contribution is 5.68. The first kappa shape index (κ1) is 16.6. The minimum absolute atomic E-state index is 0.224. The zero-order valence-electron chi connectivity index (χ0n) is 13.8. The van der Waals surface area contributed by atoms with Gasteiger partial charge >= 0.3 is 6.09 Å². The fourth-order valence-corrected chi connectivity index (χ4v) is 3.19. The summed E-state index contributed by atoms with van der Waals surface area (Å²) in [7, 11) is 0. The van der Waals surface area contributed by atoms with Crippen molar-refractivity contribution in [3.8, 4) is 0 Å². The second-order valence-electron chi connectivity index (χ2n) is 7.77. The molecular formula is C17H31NO3. The van der Waals surface area contributed by atoms with Crippen molar-refractivity contribution >= 4 is 6.09 Å². The fourth-order valence-electron chi connectivity index (χ4n) is 3.19. The minimum Gasteiger partial charge on any atom is -0.444 e. The molecule has 4 nitrogen and oxygen atoms in total. The number of aliphatic hydroxyl groups excluding tert-OH is 1. The molecule has 1 amide bonds. The Bertz CT molecular complexity index is 324. The van der Waals surface area contributed by atoms with E-state index in [1.807, 2.05) is 20.8 Å². The molecule has 3 aliphatic rings. The number of piperidine rings is 1. The number of amides is 1. The van der Waals surface area contributed by atoms with E-state index in [-0.39, 0.29) is 12.7 Å². The van der Waals surface area contributed by atoms with Gasteiger partial charge in [0.1, 0.15) is 5.60 Å². The summed E-state index contributed by atoms with van der Waals surface area (Å²) in [6, 6.07) is 0. The summed E-state index contributed by atoms with van der Waals surface area (Å²) in [4.78, 5) is 13.4. The first-order valence-corrected chi connectivity index (χ1v) is 8.48. The summed E-state index contributed by atoms with van der Waals surface area (Å²) in [5, 5.41) is 8.97. The molecule has 1 heterocycles. The highest BCUT2D eigenvalue weighted by Gasteiger charge is 2.37. The summed E-state index contributed by atoms with van der Waals surface area (Å²) < 4.78 is 5.27. The molecule has 0 spiro atoms. The largest absolute Gasteiger partial charge is 0.444 e. The molecule has 21 heavy (non-hydrogen) atoms. The quantitative estimate of drug-likeness (QED) is 0.806. The van der Waals surface area contributed by atoms with Crippen LogP contribution in [0, 0.1) is 17.8 Å². The Morgan fingerprint density at radius 1 is 1.05 bits per heavy atom. The molecule has 0 atom stereocenters. The molecule has 1 N–H and O–H groups in total. The second kappa shape index (κ2) is 6.99. The number of ether oxygens (including phenoxy) is 1. The molecule has 3 fully saturated rings. The lowest BCUT2D eigenvalue weighted by molar-refractivity contribution is 0.0159. The summed E-state index contributed by atoms with van der Waals surface area (Å²) in [6.45, 7) is 7.21. The Kier molecular flexibility index (Phi) is 5.53. The average Bonchev–Trinajstić information content (AvgIpc) is 2.41. The van der Waals surface area contributed by atoms with Crippen molar-refractivity contribution in [2.24, 2.45) is 17.8 Å². The van der Waals surface area contributed by atoms with Crippen molar-refractivity contribution in [2.45, 2.75) is 64.9 Å². The summed E-state index contributed by atoms with van der Waals surface area (Å²) in [6.07, 6.45) is 7.75. The van der Waals surface area contributed by atoms with Crippen molar-refractivity contribution in [3.05, 3.63) is 0 Å². The zero-order chi connectivity index (χ0) is 15.5. The van der Waals surface area contributed by atoms with Crippen LogP contribution in [0.4, 0.5) is 4.79 Å². The van der Waals surface area contributed by atoms with Gasteiger partial charge in [-0.3, -0.25) is 0 Å². The third-order valence-electron chi connectivity index (χ3n) is 5.01. The van der Waals surface area contributed by atoms with Crippen LogP contribution in [0.1, 0.15) is 59.3 Å². The van der Waals surface area contributed by atoms with E-state index in [2.05, 4.69) is 0 Å². The van der Waals surface area contributed by atoms with Crippen LogP contribution in [0.5, 0.6) is 0 Å². The van der Waals surface area contributed by atoms with Gasteiger partial charge in [-0.25, -0.2) is 4.79 Å². The van der Waals surface area contributed by atoms with Gasteiger partial charge < -0.3 is 14.7 Å². The monoisotopic (exact) mass is 297 g/mol. The van der Waals surface area contributed by atoms with Gasteiger partial charge in [0.2, 0.25) is 0 Å². The Hall–Kier alpha value is -0.770. The van der Waals surface area contributed by atoms with E-state index in [1.54, 1.807) is 30.6 Å². The van der Waals surface area contributed by atoms with Crippen LogP contribution in [-0.2, 0) is 4.74 Å². The van der Waals surface area contributed by atoms with E-state index in [4.69, 9.17) is 9.84 Å². The number of carbonyl (C=O) groups is 1. The minimum atomic E-state index is -0.426. The molecule has 2 aliphatic carbocycles. The van der Waals surface area contributed by atoms with Gasteiger partial charge in [0.15, 0.2) is 0 Å². The predicted molar refractivity (Wildman–Crippen MR) is 83.1 cm³/mol. The van der Waals surface area contributed by atoms with E-state index < -0.39 is 5.60 Å². The lowest BCUT2D eigenvalue weighted by Gasteiger charge is -2.46.